The zero-order chi connectivity index (χ0) is 16.7. The van der Waals surface area contributed by atoms with E-state index in [9.17, 15) is 14.4 Å². The summed E-state index contributed by atoms with van der Waals surface area (Å²) in [5.41, 5.74) is 0.657. The van der Waals surface area contributed by atoms with E-state index >= 15 is 0 Å². The highest BCUT2D eigenvalue weighted by Gasteiger charge is 2.39. The minimum Gasteiger partial charge on any atom is -0.322 e. The number of carbonyl (C=O) groups excluding carboxylic acids is 3. The molecule has 7 heteroatoms. The Bertz CT molecular complexity index is 975. The lowest BCUT2D eigenvalue weighted by molar-refractivity contribution is -0.0587. The molecule has 0 atom stereocenters. The van der Waals surface area contributed by atoms with Gasteiger partial charge in [-0.3, -0.25) is 14.6 Å². The normalized spacial score (nSPS) is 13.2. The molecule has 3 heterocycles. The molecule has 7 nitrogen and oxygen atoms in total. The lowest BCUT2D eigenvalue weighted by atomic mass is 10.1. The third-order valence-electron chi connectivity index (χ3n) is 3.65. The number of hydrogen-bond acceptors (Lipinski definition) is 6. The highest BCUT2D eigenvalue weighted by molar-refractivity contribution is 6.21. The predicted octanol–water partition coefficient (Wildman–Crippen LogP) is 2.00. The number of rotatable bonds is 2. The standard InChI is InChI=1S/C17H9N3O4/c21-15-11-5-1-2-6-12(11)16(22)20(15)24-17(23)14-13-10(7-9-19-14)4-3-8-18-13/h1-9H. The summed E-state index contributed by atoms with van der Waals surface area (Å²) < 4.78 is 0. The highest BCUT2D eigenvalue weighted by atomic mass is 16.7. The maximum atomic E-state index is 12.4. The summed E-state index contributed by atoms with van der Waals surface area (Å²) in [5.74, 6) is -2.29. The second-order valence-electron chi connectivity index (χ2n) is 5.06. The average Bonchev–Trinajstić information content (AvgIpc) is 2.86. The molecule has 0 radical (unpaired) electrons. The van der Waals surface area contributed by atoms with Gasteiger partial charge < -0.3 is 4.84 Å². The molecule has 1 aliphatic heterocycles. The molecular formula is C17H9N3O4. The van der Waals surface area contributed by atoms with E-state index in [-0.39, 0.29) is 16.8 Å². The number of aromatic nitrogens is 2. The van der Waals surface area contributed by atoms with Crippen LogP contribution in [0.3, 0.4) is 0 Å². The molecule has 3 aromatic rings. The highest BCUT2D eigenvalue weighted by Crippen LogP contribution is 2.24. The lowest BCUT2D eigenvalue weighted by Crippen LogP contribution is -2.33. The van der Waals surface area contributed by atoms with Crippen LogP contribution in [0.25, 0.3) is 10.9 Å². The first kappa shape index (κ1) is 14.0. The Balaban J connectivity index is 1.68. The van der Waals surface area contributed by atoms with Gasteiger partial charge in [0, 0.05) is 17.8 Å². The molecule has 4 rings (SSSR count). The molecule has 0 aliphatic carbocycles. The average molecular weight is 319 g/mol. The van der Waals surface area contributed by atoms with E-state index in [1.165, 1.54) is 24.5 Å². The second-order valence-corrected chi connectivity index (χ2v) is 5.06. The number of carbonyl (C=O) groups is 3. The molecule has 0 spiro atoms. The number of pyridine rings is 2. The minimum absolute atomic E-state index is 0.0651. The summed E-state index contributed by atoms with van der Waals surface area (Å²) in [6.07, 6.45) is 2.95. The number of hydroxylamine groups is 2. The Morgan fingerprint density at radius 1 is 0.875 bits per heavy atom. The molecule has 2 aromatic heterocycles. The van der Waals surface area contributed by atoms with Crippen molar-refractivity contribution in [3.8, 4) is 0 Å². The zero-order valence-corrected chi connectivity index (χ0v) is 12.2. The predicted molar refractivity (Wildman–Crippen MR) is 81.9 cm³/mol. The molecule has 0 N–H and O–H groups in total. The van der Waals surface area contributed by atoms with Crippen molar-refractivity contribution in [3.63, 3.8) is 0 Å². The largest absolute Gasteiger partial charge is 0.384 e. The topological polar surface area (TPSA) is 89.5 Å². The van der Waals surface area contributed by atoms with Crippen molar-refractivity contribution in [2.45, 2.75) is 0 Å². The SMILES string of the molecule is O=C(ON1C(=O)c2ccccc2C1=O)c1nccc2cccnc12. The van der Waals surface area contributed by atoms with Crippen molar-refractivity contribution in [1.82, 2.24) is 15.0 Å². The number of nitrogens with zero attached hydrogens (tertiary/aromatic N) is 3. The van der Waals surface area contributed by atoms with Gasteiger partial charge in [-0.05, 0) is 24.3 Å². The van der Waals surface area contributed by atoms with Crippen molar-refractivity contribution in [2.24, 2.45) is 0 Å². The minimum atomic E-state index is -0.922. The van der Waals surface area contributed by atoms with Crippen molar-refractivity contribution < 1.29 is 19.2 Å². The monoisotopic (exact) mass is 319 g/mol. The molecule has 0 unspecified atom stereocenters. The molecule has 1 aromatic carbocycles. The first-order chi connectivity index (χ1) is 11.7. The maximum absolute atomic E-state index is 12.4. The Morgan fingerprint density at radius 2 is 1.58 bits per heavy atom. The summed E-state index contributed by atoms with van der Waals surface area (Å²) in [5, 5.41) is 1.15. The Hall–Kier alpha value is -3.61. The van der Waals surface area contributed by atoms with Crippen LogP contribution in [0.5, 0.6) is 0 Å². The van der Waals surface area contributed by atoms with Gasteiger partial charge in [0.1, 0.15) is 5.52 Å². The quantitative estimate of drug-likeness (QED) is 0.671. The van der Waals surface area contributed by atoms with Crippen LogP contribution < -0.4 is 0 Å². The summed E-state index contributed by atoms with van der Waals surface area (Å²) in [4.78, 5) is 49.9. The molecule has 0 fully saturated rings. The first-order valence-electron chi connectivity index (χ1n) is 7.06. The molecule has 2 amide bonds. The van der Waals surface area contributed by atoms with Gasteiger partial charge in [0.2, 0.25) is 0 Å². The van der Waals surface area contributed by atoms with Crippen molar-refractivity contribution in [3.05, 3.63) is 71.7 Å². The molecular weight excluding hydrogens is 310 g/mol. The van der Waals surface area contributed by atoms with E-state index < -0.39 is 17.8 Å². The van der Waals surface area contributed by atoms with Crippen LogP contribution >= 0.6 is 0 Å². The van der Waals surface area contributed by atoms with E-state index in [2.05, 4.69) is 9.97 Å². The molecule has 116 valence electrons. The van der Waals surface area contributed by atoms with Gasteiger partial charge in [-0.15, -0.1) is 0 Å². The fraction of sp³-hybridized carbons (Fsp3) is 0. The van der Waals surface area contributed by atoms with Gasteiger partial charge in [0.25, 0.3) is 11.8 Å². The zero-order valence-electron chi connectivity index (χ0n) is 12.2. The van der Waals surface area contributed by atoms with Gasteiger partial charge in [-0.2, -0.15) is 0 Å². The summed E-state index contributed by atoms with van der Waals surface area (Å²) in [6, 6.07) is 11.4. The van der Waals surface area contributed by atoms with Crippen molar-refractivity contribution in [2.75, 3.05) is 0 Å². The van der Waals surface area contributed by atoms with Crippen molar-refractivity contribution in [1.29, 1.82) is 0 Å². The van der Waals surface area contributed by atoms with E-state index in [0.717, 1.165) is 0 Å². The fourth-order valence-corrected chi connectivity index (χ4v) is 2.53. The smallest absolute Gasteiger partial charge is 0.322 e. The molecule has 1 aliphatic rings. The van der Waals surface area contributed by atoms with E-state index in [1.54, 1.807) is 30.3 Å². The summed E-state index contributed by atoms with van der Waals surface area (Å²) in [6.45, 7) is 0. The van der Waals surface area contributed by atoms with E-state index in [0.29, 0.717) is 16.0 Å². The Labute approximate surface area is 135 Å². The Kier molecular flexibility index (Phi) is 3.06. The number of imide groups is 1. The van der Waals surface area contributed by atoms with Gasteiger partial charge in [-0.1, -0.05) is 23.3 Å². The fourth-order valence-electron chi connectivity index (χ4n) is 2.53. The lowest BCUT2D eigenvalue weighted by Gasteiger charge is -2.12. The summed E-state index contributed by atoms with van der Waals surface area (Å²) in [7, 11) is 0. The molecule has 0 saturated carbocycles. The number of fused-ring (bicyclic) bond motifs is 2. The second kappa shape index (κ2) is 5.24. The number of benzene rings is 1. The van der Waals surface area contributed by atoms with Crippen LogP contribution in [0.2, 0.25) is 0 Å². The third-order valence-corrected chi connectivity index (χ3v) is 3.65. The van der Waals surface area contributed by atoms with Crippen molar-refractivity contribution >= 4 is 28.7 Å². The first-order valence-corrected chi connectivity index (χ1v) is 7.06. The third kappa shape index (κ3) is 2.03. The van der Waals surface area contributed by atoms with Crippen LogP contribution in [-0.4, -0.2) is 32.8 Å². The Morgan fingerprint density at radius 3 is 2.29 bits per heavy atom. The van der Waals surface area contributed by atoms with Gasteiger partial charge in [0.15, 0.2) is 5.69 Å². The molecule has 0 saturated heterocycles. The van der Waals surface area contributed by atoms with E-state index in [4.69, 9.17) is 4.84 Å². The van der Waals surface area contributed by atoms with Crippen LogP contribution in [0, 0.1) is 0 Å². The van der Waals surface area contributed by atoms with Crippen LogP contribution in [0.1, 0.15) is 31.2 Å². The number of hydrogen-bond donors (Lipinski definition) is 0. The summed E-state index contributed by atoms with van der Waals surface area (Å²) >= 11 is 0. The van der Waals surface area contributed by atoms with Gasteiger partial charge >= 0.3 is 5.97 Å². The van der Waals surface area contributed by atoms with Gasteiger partial charge in [-0.25, -0.2) is 9.78 Å². The molecule has 0 bridgehead atoms. The van der Waals surface area contributed by atoms with Gasteiger partial charge in [0.05, 0.1) is 11.1 Å². The number of amides is 2. The van der Waals surface area contributed by atoms with Crippen LogP contribution in [-0.2, 0) is 4.84 Å². The van der Waals surface area contributed by atoms with E-state index in [1.807, 2.05) is 0 Å². The van der Waals surface area contributed by atoms with Crippen LogP contribution in [0.15, 0.2) is 54.9 Å². The van der Waals surface area contributed by atoms with Crippen LogP contribution in [0.4, 0.5) is 0 Å². The maximum Gasteiger partial charge on any atom is 0.384 e. The molecule has 24 heavy (non-hydrogen) atoms.